The van der Waals surface area contributed by atoms with Crippen LogP contribution < -0.4 is 5.32 Å². The van der Waals surface area contributed by atoms with Crippen LogP contribution in [-0.4, -0.2) is 14.4 Å². The molecule has 0 aliphatic carbocycles. The van der Waals surface area contributed by atoms with Crippen molar-refractivity contribution >= 4 is 23.2 Å². The van der Waals surface area contributed by atoms with Crippen molar-refractivity contribution in [1.29, 1.82) is 0 Å². The Labute approximate surface area is 148 Å². The molecular formula is C19H14ClFN4. The molecule has 6 heteroatoms. The van der Waals surface area contributed by atoms with E-state index in [-0.39, 0.29) is 5.82 Å². The molecule has 2 aromatic heterocycles. The topological polar surface area (TPSA) is 42.2 Å². The second kappa shape index (κ2) is 6.53. The molecule has 4 aromatic rings. The van der Waals surface area contributed by atoms with Crippen molar-refractivity contribution in [2.24, 2.45) is 0 Å². The average Bonchev–Trinajstić information content (AvgIpc) is 3.00. The van der Waals surface area contributed by atoms with E-state index in [1.165, 1.54) is 12.1 Å². The summed E-state index contributed by atoms with van der Waals surface area (Å²) >= 11 is 5.93. The van der Waals surface area contributed by atoms with Gasteiger partial charge in [0.1, 0.15) is 17.3 Å². The third kappa shape index (κ3) is 3.19. The molecule has 1 N–H and O–H groups in total. The molecule has 2 heterocycles. The summed E-state index contributed by atoms with van der Waals surface area (Å²) < 4.78 is 15.1. The second-order valence-electron chi connectivity index (χ2n) is 5.59. The molecule has 0 aliphatic rings. The molecule has 4 nitrogen and oxygen atoms in total. The van der Waals surface area contributed by atoms with Crippen LogP contribution in [0.5, 0.6) is 0 Å². The van der Waals surface area contributed by atoms with E-state index in [4.69, 9.17) is 11.6 Å². The molecule has 0 saturated heterocycles. The summed E-state index contributed by atoms with van der Waals surface area (Å²) in [5, 5.41) is 4.11. The fourth-order valence-corrected chi connectivity index (χ4v) is 2.78. The van der Waals surface area contributed by atoms with Gasteiger partial charge in [-0.1, -0.05) is 23.7 Å². The predicted molar refractivity (Wildman–Crippen MR) is 97.2 cm³/mol. The van der Waals surface area contributed by atoms with E-state index in [0.29, 0.717) is 17.3 Å². The first-order chi connectivity index (χ1) is 12.2. The van der Waals surface area contributed by atoms with Gasteiger partial charge in [0.2, 0.25) is 5.78 Å². The highest BCUT2D eigenvalue weighted by Gasteiger charge is 2.14. The summed E-state index contributed by atoms with van der Waals surface area (Å²) in [4.78, 5) is 8.88. The molecule has 0 saturated carbocycles. The monoisotopic (exact) mass is 352 g/mol. The summed E-state index contributed by atoms with van der Waals surface area (Å²) in [5.41, 5.74) is 2.64. The Morgan fingerprint density at radius 3 is 2.56 bits per heavy atom. The van der Waals surface area contributed by atoms with E-state index in [1.807, 2.05) is 40.9 Å². The van der Waals surface area contributed by atoms with E-state index >= 15 is 0 Å². The third-order valence-electron chi connectivity index (χ3n) is 3.89. The number of aromatic nitrogens is 3. The van der Waals surface area contributed by atoms with E-state index in [0.717, 1.165) is 22.6 Å². The van der Waals surface area contributed by atoms with Gasteiger partial charge in [-0.25, -0.2) is 14.4 Å². The Morgan fingerprint density at radius 2 is 1.80 bits per heavy atom. The largest absolute Gasteiger partial charge is 0.365 e. The fraction of sp³-hybridized carbons (Fsp3) is 0.0526. The lowest BCUT2D eigenvalue weighted by Crippen LogP contribution is -2.03. The molecule has 0 unspecified atom stereocenters. The second-order valence-corrected chi connectivity index (χ2v) is 6.02. The average molecular weight is 353 g/mol. The lowest BCUT2D eigenvalue weighted by atomic mass is 10.1. The maximum atomic E-state index is 13.2. The van der Waals surface area contributed by atoms with Crippen molar-refractivity contribution in [3.8, 4) is 11.3 Å². The van der Waals surface area contributed by atoms with Crippen LogP contribution in [0.4, 0.5) is 10.2 Å². The van der Waals surface area contributed by atoms with Gasteiger partial charge in [0, 0.05) is 29.5 Å². The molecule has 0 bridgehead atoms. The van der Waals surface area contributed by atoms with Crippen molar-refractivity contribution in [3.63, 3.8) is 0 Å². The minimum atomic E-state index is -0.277. The molecule has 0 spiro atoms. The summed E-state index contributed by atoms with van der Waals surface area (Å²) in [7, 11) is 0. The number of nitrogens with zero attached hydrogens (tertiary/aromatic N) is 3. The van der Waals surface area contributed by atoms with Gasteiger partial charge in [-0.2, -0.15) is 0 Å². The summed E-state index contributed by atoms with van der Waals surface area (Å²) in [6.45, 7) is 0.605. The van der Waals surface area contributed by atoms with Crippen LogP contribution in [0, 0.1) is 5.82 Å². The quantitative estimate of drug-likeness (QED) is 0.573. The lowest BCUT2D eigenvalue weighted by Gasteiger charge is -2.09. The number of anilines is 1. The third-order valence-corrected chi connectivity index (χ3v) is 4.15. The van der Waals surface area contributed by atoms with Crippen molar-refractivity contribution < 1.29 is 4.39 Å². The van der Waals surface area contributed by atoms with Crippen molar-refractivity contribution in [2.45, 2.75) is 6.54 Å². The predicted octanol–water partition coefficient (Wildman–Crippen LogP) is 4.80. The van der Waals surface area contributed by atoms with E-state index < -0.39 is 0 Å². The summed E-state index contributed by atoms with van der Waals surface area (Å²) in [6.07, 6.45) is 3.59. The number of nitrogens with one attached hydrogen (secondary N) is 1. The maximum absolute atomic E-state index is 13.2. The van der Waals surface area contributed by atoms with Crippen LogP contribution in [-0.2, 0) is 6.54 Å². The molecule has 4 rings (SSSR count). The molecule has 0 atom stereocenters. The Kier molecular flexibility index (Phi) is 4.07. The standard InChI is InChI=1S/C19H14ClFN4/c20-15-6-2-13(3-7-15)12-23-18-17(14-4-8-16(21)9-5-14)24-19-22-10-1-11-25(18)19/h1-11,23H,12H2. The summed E-state index contributed by atoms with van der Waals surface area (Å²) in [5.74, 6) is 1.12. The highest BCUT2D eigenvalue weighted by molar-refractivity contribution is 6.30. The summed E-state index contributed by atoms with van der Waals surface area (Å²) in [6, 6.07) is 15.8. The van der Waals surface area contributed by atoms with Gasteiger partial charge in [0.25, 0.3) is 0 Å². The lowest BCUT2D eigenvalue weighted by molar-refractivity contribution is 0.628. The van der Waals surface area contributed by atoms with Crippen LogP contribution in [0.1, 0.15) is 5.56 Å². The van der Waals surface area contributed by atoms with Crippen molar-refractivity contribution in [2.75, 3.05) is 5.32 Å². The molecule has 0 aliphatic heterocycles. The number of fused-ring (bicyclic) bond motifs is 1. The van der Waals surface area contributed by atoms with Gasteiger partial charge in [-0.3, -0.25) is 4.40 Å². The maximum Gasteiger partial charge on any atom is 0.235 e. The van der Waals surface area contributed by atoms with Gasteiger partial charge < -0.3 is 5.32 Å². The van der Waals surface area contributed by atoms with Crippen molar-refractivity contribution in [1.82, 2.24) is 14.4 Å². The SMILES string of the molecule is Fc1ccc(-c2nc3ncccn3c2NCc2ccc(Cl)cc2)cc1. The normalized spacial score (nSPS) is 11.0. The zero-order chi connectivity index (χ0) is 17.2. The van der Waals surface area contributed by atoms with Crippen LogP contribution in [0.25, 0.3) is 17.0 Å². The molecule has 25 heavy (non-hydrogen) atoms. The highest BCUT2D eigenvalue weighted by Crippen LogP contribution is 2.28. The number of rotatable bonds is 4. The van der Waals surface area contributed by atoms with Gasteiger partial charge >= 0.3 is 0 Å². The molecule has 0 amide bonds. The first kappa shape index (κ1) is 15.6. The number of hydrogen-bond donors (Lipinski definition) is 1. The molecule has 0 radical (unpaired) electrons. The van der Waals surface area contributed by atoms with Crippen molar-refractivity contribution in [3.05, 3.63) is 83.4 Å². The van der Waals surface area contributed by atoms with Gasteiger partial charge in [0.05, 0.1) is 0 Å². The van der Waals surface area contributed by atoms with Crippen LogP contribution in [0.3, 0.4) is 0 Å². The number of imidazole rings is 1. The van der Waals surface area contributed by atoms with E-state index in [1.54, 1.807) is 18.3 Å². The van der Waals surface area contributed by atoms with E-state index in [9.17, 15) is 4.39 Å². The first-order valence-electron chi connectivity index (χ1n) is 7.78. The zero-order valence-corrected chi connectivity index (χ0v) is 13.9. The molecular weight excluding hydrogens is 339 g/mol. The molecule has 124 valence electrons. The zero-order valence-electron chi connectivity index (χ0n) is 13.2. The Morgan fingerprint density at radius 1 is 1.04 bits per heavy atom. The number of halogens is 2. The molecule has 2 aromatic carbocycles. The van der Waals surface area contributed by atoms with Crippen LogP contribution in [0.15, 0.2) is 67.0 Å². The highest BCUT2D eigenvalue weighted by atomic mass is 35.5. The van der Waals surface area contributed by atoms with Gasteiger partial charge in [0.15, 0.2) is 0 Å². The Bertz CT molecular complexity index is 1010. The first-order valence-corrected chi connectivity index (χ1v) is 8.16. The van der Waals surface area contributed by atoms with Crippen LogP contribution >= 0.6 is 11.6 Å². The number of benzene rings is 2. The van der Waals surface area contributed by atoms with Gasteiger partial charge in [-0.15, -0.1) is 0 Å². The smallest absolute Gasteiger partial charge is 0.235 e. The molecule has 0 fully saturated rings. The minimum Gasteiger partial charge on any atom is -0.365 e. The minimum absolute atomic E-state index is 0.277. The Hall–Kier alpha value is -2.92. The number of hydrogen-bond acceptors (Lipinski definition) is 3. The van der Waals surface area contributed by atoms with E-state index in [2.05, 4.69) is 15.3 Å². The van der Waals surface area contributed by atoms with Gasteiger partial charge in [-0.05, 0) is 48.0 Å². The Balaban J connectivity index is 1.73. The van der Waals surface area contributed by atoms with Crippen LogP contribution in [0.2, 0.25) is 5.02 Å². The fourth-order valence-electron chi connectivity index (χ4n) is 2.65.